The molecule has 0 aromatic carbocycles. The molecular weight excluding hydrogens is 472 g/mol. The third-order valence-electron chi connectivity index (χ3n) is 8.39. The lowest BCUT2D eigenvalue weighted by Crippen LogP contribution is -2.42. The van der Waals surface area contributed by atoms with Gasteiger partial charge in [-0.1, -0.05) is 19.3 Å². The van der Waals surface area contributed by atoms with Crippen LogP contribution in [0.25, 0.3) is 22.0 Å². The van der Waals surface area contributed by atoms with Crippen LogP contribution in [-0.4, -0.2) is 46.0 Å². The van der Waals surface area contributed by atoms with Gasteiger partial charge in [0.05, 0.1) is 5.69 Å². The largest absolute Gasteiger partial charge is 0.367 e. The van der Waals surface area contributed by atoms with E-state index in [1.807, 2.05) is 26.2 Å². The number of hydrogen-bond acceptors (Lipinski definition) is 6. The van der Waals surface area contributed by atoms with Crippen LogP contribution in [0.2, 0.25) is 0 Å². The lowest BCUT2D eigenvalue weighted by molar-refractivity contribution is -0.126. The predicted octanol–water partition coefficient (Wildman–Crippen LogP) is 6.05. The average molecular weight is 513 g/mol. The Morgan fingerprint density at radius 3 is 2.53 bits per heavy atom. The first kappa shape index (κ1) is 25.1. The molecule has 7 nitrogen and oxygen atoms in total. The maximum absolute atomic E-state index is 12.6. The van der Waals surface area contributed by atoms with Crippen LogP contribution in [0, 0.1) is 5.92 Å². The van der Waals surface area contributed by atoms with Gasteiger partial charge in [-0.2, -0.15) is 0 Å². The molecule has 2 aliphatic carbocycles. The van der Waals surface area contributed by atoms with Crippen molar-refractivity contribution in [3.63, 3.8) is 0 Å². The monoisotopic (exact) mass is 512 g/mol. The van der Waals surface area contributed by atoms with Crippen molar-refractivity contribution in [2.75, 3.05) is 23.3 Å². The lowest BCUT2D eigenvalue weighted by Gasteiger charge is -2.33. The van der Waals surface area contributed by atoms with Crippen LogP contribution < -0.4 is 15.5 Å². The molecule has 0 radical (unpaired) electrons. The summed E-state index contributed by atoms with van der Waals surface area (Å²) in [6, 6.07) is 7.19. The number of carbonyl (C=O) groups is 1. The Kier molecular flexibility index (Phi) is 7.18. The summed E-state index contributed by atoms with van der Waals surface area (Å²) in [5.74, 6) is 2.79. The maximum Gasteiger partial charge on any atom is 0.223 e. The van der Waals surface area contributed by atoms with Crippen LogP contribution >= 0.6 is 0 Å². The summed E-state index contributed by atoms with van der Waals surface area (Å²) >= 11 is 0. The highest BCUT2D eigenvalue weighted by Gasteiger charge is 2.30. The Morgan fingerprint density at radius 1 is 1.00 bits per heavy atom. The normalized spacial score (nSPS) is 19.2. The molecule has 2 saturated carbocycles. The Hall–Kier alpha value is -3.22. The van der Waals surface area contributed by atoms with E-state index in [1.165, 1.54) is 56.1 Å². The van der Waals surface area contributed by atoms with Gasteiger partial charge in [0.2, 0.25) is 5.91 Å². The van der Waals surface area contributed by atoms with Crippen molar-refractivity contribution in [2.24, 2.45) is 5.92 Å². The fourth-order valence-corrected chi connectivity index (χ4v) is 6.16. The molecule has 3 aliphatic rings. The molecular formula is C31H40N6O. The smallest absolute Gasteiger partial charge is 0.223 e. The van der Waals surface area contributed by atoms with Crippen LogP contribution in [0.15, 0.2) is 36.8 Å². The van der Waals surface area contributed by atoms with Gasteiger partial charge < -0.3 is 15.5 Å². The van der Waals surface area contributed by atoms with Gasteiger partial charge in [0, 0.05) is 66.0 Å². The van der Waals surface area contributed by atoms with Crippen molar-refractivity contribution >= 4 is 28.3 Å². The van der Waals surface area contributed by atoms with Gasteiger partial charge in [-0.15, -0.1) is 0 Å². The van der Waals surface area contributed by atoms with E-state index in [1.54, 1.807) is 0 Å². The molecule has 38 heavy (non-hydrogen) atoms. The van der Waals surface area contributed by atoms with Crippen LogP contribution in [0.4, 0.5) is 11.6 Å². The highest BCUT2D eigenvalue weighted by Crippen LogP contribution is 2.45. The Morgan fingerprint density at radius 2 is 1.79 bits per heavy atom. The third kappa shape index (κ3) is 5.47. The summed E-state index contributed by atoms with van der Waals surface area (Å²) < 4.78 is 0. The van der Waals surface area contributed by atoms with Gasteiger partial charge in [0.15, 0.2) is 0 Å². The minimum atomic E-state index is 0.0693. The summed E-state index contributed by atoms with van der Waals surface area (Å²) in [6.45, 7) is 5.69. The molecule has 200 valence electrons. The summed E-state index contributed by atoms with van der Waals surface area (Å²) in [7, 11) is 0. The molecule has 3 aromatic rings. The second kappa shape index (κ2) is 10.9. The van der Waals surface area contributed by atoms with Crippen molar-refractivity contribution < 1.29 is 4.79 Å². The van der Waals surface area contributed by atoms with E-state index in [0.717, 1.165) is 54.0 Å². The first-order valence-corrected chi connectivity index (χ1v) is 14.6. The van der Waals surface area contributed by atoms with Gasteiger partial charge in [0.25, 0.3) is 0 Å². The van der Waals surface area contributed by atoms with E-state index in [0.29, 0.717) is 12.0 Å². The molecule has 3 aromatic heterocycles. The number of hydrogen-bond donors (Lipinski definition) is 2. The Labute approximate surface area is 225 Å². The lowest BCUT2D eigenvalue weighted by atomic mass is 9.95. The Bertz CT molecular complexity index is 1290. The number of rotatable bonds is 7. The molecule has 0 bridgehead atoms. The molecule has 0 unspecified atom stereocenters. The molecule has 1 amide bonds. The summed E-state index contributed by atoms with van der Waals surface area (Å²) in [6.07, 6.45) is 16.4. The standard InChI is InChI=1S/C31H40N6O/c1-20(2)34-31(38)22-11-14-37(15-12-22)30-25-10-13-32-18-23(25)16-28(36-30)26-17-29(33-19-27(26)21-8-9-21)35-24-6-4-3-5-7-24/h10,13,16-22,24H,3-9,11-12,14-15H2,1-2H3,(H,33,35)(H,34,38). The first-order chi connectivity index (χ1) is 18.5. The van der Waals surface area contributed by atoms with Crippen molar-refractivity contribution in [3.8, 4) is 11.3 Å². The molecule has 7 heteroatoms. The minimum Gasteiger partial charge on any atom is -0.367 e. The molecule has 4 heterocycles. The zero-order valence-electron chi connectivity index (χ0n) is 22.7. The quantitative estimate of drug-likeness (QED) is 0.401. The van der Waals surface area contributed by atoms with Crippen molar-refractivity contribution in [3.05, 3.63) is 42.4 Å². The van der Waals surface area contributed by atoms with Crippen LogP contribution in [0.1, 0.15) is 83.1 Å². The molecule has 0 atom stereocenters. The predicted molar refractivity (Wildman–Crippen MR) is 153 cm³/mol. The number of carbonyl (C=O) groups excluding carboxylic acids is 1. The second-order valence-electron chi connectivity index (χ2n) is 11.8. The third-order valence-corrected chi connectivity index (χ3v) is 8.39. The molecule has 1 aliphatic heterocycles. The highest BCUT2D eigenvalue weighted by molar-refractivity contribution is 5.95. The number of amides is 1. The number of nitrogens with one attached hydrogen (secondary N) is 2. The van der Waals surface area contributed by atoms with E-state index in [9.17, 15) is 4.79 Å². The van der Waals surface area contributed by atoms with Crippen LogP contribution in [0.5, 0.6) is 0 Å². The molecule has 6 rings (SSSR count). The Balaban J connectivity index is 1.32. The van der Waals surface area contributed by atoms with Crippen molar-refractivity contribution in [1.82, 2.24) is 20.3 Å². The maximum atomic E-state index is 12.6. The number of fused-ring (bicyclic) bond motifs is 1. The highest BCUT2D eigenvalue weighted by atomic mass is 16.1. The zero-order valence-corrected chi connectivity index (χ0v) is 22.7. The molecule has 0 spiro atoms. The SMILES string of the molecule is CC(C)NC(=O)C1CCN(c2nc(-c3cc(NC4CCCCC4)ncc3C3CC3)cc3cnccc23)CC1. The van der Waals surface area contributed by atoms with Gasteiger partial charge >= 0.3 is 0 Å². The van der Waals surface area contributed by atoms with Gasteiger partial charge in [-0.3, -0.25) is 9.78 Å². The zero-order chi connectivity index (χ0) is 26.1. The molecule has 1 saturated heterocycles. The van der Waals surface area contributed by atoms with Gasteiger partial charge in [-0.05, 0) is 82.1 Å². The van der Waals surface area contributed by atoms with E-state index < -0.39 is 0 Å². The van der Waals surface area contributed by atoms with E-state index in [-0.39, 0.29) is 17.9 Å². The summed E-state index contributed by atoms with van der Waals surface area (Å²) in [5, 5.41) is 9.04. The van der Waals surface area contributed by atoms with Crippen molar-refractivity contribution in [1.29, 1.82) is 0 Å². The van der Waals surface area contributed by atoms with E-state index in [2.05, 4.69) is 44.9 Å². The van der Waals surface area contributed by atoms with Crippen molar-refractivity contribution in [2.45, 2.75) is 89.6 Å². The minimum absolute atomic E-state index is 0.0693. The van der Waals surface area contributed by atoms with Crippen LogP contribution in [-0.2, 0) is 4.79 Å². The topological polar surface area (TPSA) is 83.0 Å². The van der Waals surface area contributed by atoms with E-state index in [4.69, 9.17) is 9.97 Å². The van der Waals surface area contributed by atoms with Gasteiger partial charge in [-0.25, -0.2) is 9.97 Å². The molecule has 3 fully saturated rings. The fraction of sp³-hybridized carbons (Fsp3) is 0.548. The number of piperidine rings is 1. The first-order valence-electron chi connectivity index (χ1n) is 14.6. The number of pyridine rings is 3. The van der Waals surface area contributed by atoms with Gasteiger partial charge in [0.1, 0.15) is 11.6 Å². The molecule has 2 N–H and O–H groups in total. The second-order valence-corrected chi connectivity index (χ2v) is 11.8. The van der Waals surface area contributed by atoms with E-state index >= 15 is 0 Å². The number of nitrogens with zero attached hydrogens (tertiary/aromatic N) is 4. The number of anilines is 2. The van der Waals surface area contributed by atoms with Crippen LogP contribution in [0.3, 0.4) is 0 Å². The number of aromatic nitrogens is 3. The fourth-order valence-electron chi connectivity index (χ4n) is 6.16. The summed E-state index contributed by atoms with van der Waals surface area (Å²) in [5.41, 5.74) is 3.50. The summed E-state index contributed by atoms with van der Waals surface area (Å²) in [4.78, 5) is 29.6. The average Bonchev–Trinajstić information content (AvgIpc) is 3.78.